The van der Waals surface area contributed by atoms with Gasteiger partial charge in [0.25, 0.3) is 0 Å². The van der Waals surface area contributed by atoms with Crippen LogP contribution in [0.4, 0.5) is 0 Å². The standard InChI is InChI=1S/C17H29N3O.HI/c1-6-14(4)20-17(18-5)19-11-15-7-9-16(10-8-15)12-21-13(2)3;/h7-10,13-14H,6,11-12H2,1-5H3,(H2,18,19,20);1H. The monoisotopic (exact) mass is 419 g/mol. The molecule has 0 fully saturated rings. The van der Waals surface area contributed by atoms with E-state index in [0.717, 1.165) is 18.9 Å². The number of aliphatic imine (C=N–C) groups is 1. The van der Waals surface area contributed by atoms with E-state index in [0.29, 0.717) is 12.6 Å². The summed E-state index contributed by atoms with van der Waals surface area (Å²) in [6.45, 7) is 9.84. The third kappa shape index (κ3) is 8.58. The lowest BCUT2D eigenvalue weighted by molar-refractivity contribution is 0.0657. The van der Waals surface area contributed by atoms with Crippen molar-refractivity contribution < 1.29 is 4.74 Å². The zero-order valence-electron chi connectivity index (χ0n) is 14.3. The molecule has 1 rings (SSSR count). The Bertz CT molecular complexity index is 432. The number of rotatable bonds is 7. The van der Waals surface area contributed by atoms with Gasteiger partial charge < -0.3 is 15.4 Å². The van der Waals surface area contributed by atoms with Crippen LogP contribution in [0.1, 0.15) is 45.2 Å². The van der Waals surface area contributed by atoms with Crippen molar-refractivity contribution in [3.8, 4) is 0 Å². The van der Waals surface area contributed by atoms with Crippen molar-refractivity contribution >= 4 is 29.9 Å². The van der Waals surface area contributed by atoms with Crippen molar-refractivity contribution in [2.45, 2.75) is 59.4 Å². The molecule has 0 amide bonds. The molecule has 0 aliphatic carbocycles. The van der Waals surface area contributed by atoms with E-state index in [1.807, 2.05) is 13.8 Å². The Kier molecular flexibility index (Phi) is 11.3. The van der Waals surface area contributed by atoms with E-state index in [1.54, 1.807) is 7.05 Å². The average Bonchev–Trinajstić information content (AvgIpc) is 2.50. The van der Waals surface area contributed by atoms with Crippen LogP contribution in [0.15, 0.2) is 29.3 Å². The van der Waals surface area contributed by atoms with Crippen LogP contribution in [0.5, 0.6) is 0 Å². The predicted octanol–water partition coefficient (Wildman–Crippen LogP) is 3.69. The second kappa shape index (κ2) is 11.7. The van der Waals surface area contributed by atoms with Gasteiger partial charge in [-0.25, -0.2) is 0 Å². The third-order valence-electron chi connectivity index (χ3n) is 3.29. The van der Waals surface area contributed by atoms with Crippen LogP contribution in [0.3, 0.4) is 0 Å². The van der Waals surface area contributed by atoms with Crippen molar-refractivity contribution in [2.24, 2.45) is 4.99 Å². The summed E-state index contributed by atoms with van der Waals surface area (Å²) in [4.78, 5) is 4.23. The van der Waals surface area contributed by atoms with Crippen LogP contribution < -0.4 is 10.6 Å². The highest BCUT2D eigenvalue weighted by atomic mass is 127. The molecule has 0 saturated carbocycles. The molecule has 1 aromatic rings. The number of ether oxygens (including phenoxy) is 1. The number of nitrogens with one attached hydrogen (secondary N) is 2. The van der Waals surface area contributed by atoms with Gasteiger partial charge in [-0.2, -0.15) is 0 Å². The van der Waals surface area contributed by atoms with Crippen LogP contribution >= 0.6 is 24.0 Å². The summed E-state index contributed by atoms with van der Waals surface area (Å²) in [6, 6.07) is 8.91. The van der Waals surface area contributed by atoms with E-state index in [-0.39, 0.29) is 30.1 Å². The van der Waals surface area contributed by atoms with Gasteiger partial charge in [0, 0.05) is 19.6 Å². The maximum Gasteiger partial charge on any atom is 0.191 e. The fourth-order valence-corrected chi connectivity index (χ4v) is 1.73. The van der Waals surface area contributed by atoms with Gasteiger partial charge in [-0.05, 0) is 38.3 Å². The van der Waals surface area contributed by atoms with Crippen LogP contribution in [0.2, 0.25) is 0 Å². The number of benzene rings is 1. The van der Waals surface area contributed by atoms with Gasteiger partial charge in [0.15, 0.2) is 5.96 Å². The molecule has 2 N–H and O–H groups in total. The van der Waals surface area contributed by atoms with Crippen LogP contribution in [0.25, 0.3) is 0 Å². The summed E-state index contributed by atoms with van der Waals surface area (Å²) in [7, 11) is 1.80. The number of hydrogen-bond acceptors (Lipinski definition) is 2. The second-order valence-corrected chi connectivity index (χ2v) is 5.56. The normalized spacial score (nSPS) is 12.7. The molecule has 0 aromatic heterocycles. The van der Waals surface area contributed by atoms with Crippen LogP contribution in [0, 0.1) is 0 Å². The molecule has 1 atom stereocenters. The first-order valence-corrected chi connectivity index (χ1v) is 7.71. The molecule has 1 aromatic carbocycles. The quantitative estimate of drug-likeness (QED) is 0.403. The molecule has 0 heterocycles. The molecular formula is C17H30IN3O. The molecular weight excluding hydrogens is 389 g/mol. The minimum absolute atomic E-state index is 0. The minimum Gasteiger partial charge on any atom is -0.374 e. The van der Waals surface area contributed by atoms with Crippen LogP contribution in [-0.4, -0.2) is 25.2 Å². The average molecular weight is 419 g/mol. The molecule has 5 heteroatoms. The lowest BCUT2D eigenvalue weighted by Gasteiger charge is -2.16. The second-order valence-electron chi connectivity index (χ2n) is 5.56. The Hall–Kier alpha value is -0.820. The van der Waals surface area contributed by atoms with E-state index < -0.39 is 0 Å². The topological polar surface area (TPSA) is 45.7 Å². The van der Waals surface area contributed by atoms with E-state index in [1.165, 1.54) is 11.1 Å². The van der Waals surface area contributed by atoms with E-state index in [9.17, 15) is 0 Å². The lowest BCUT2D eigenvalue weighted by Crippen LogP contribution is -2.41. The highest BCUT2D eigenvalue weighted by Crippen LogP contribution is 2.07. The molecule has 22 heavy (non-hydrogen) atoms. The van der Waals surface area contributed by atoms with Crippen LogP contribution in [-0.2, 0) is 17.9 Å². The zero-order chi connectivity index (χ0) is 15.7. The smallest absolute Gasteiger partial charge is 0.191 e. The maximum absolute atomic E-state index is 5.59. The fourth-order valence-electron chi connectivity index (χ4n) is 1.73. The van der Waals surface area contributed by atoms with Gasteiger partial charge in [-0.15, -0.1) is 24.0 Å². The first-order valence-electron chi connectivity index (χ1n) is 7.71. The van der Waals surface area contributed by atoms with E-state index in [2.05, 4.69) is 53.7 Å². The van der Waals surface area contributed by atoms with E-state index >= 15 is 0 Å². The molecule has 4 nitrogen and oxygen atoms in total. The maximum atomic E-state index is 5.59. The Morgan fingerprint density at radius 1 is 1.14 bits per heavy atom. The summed E-state index contributed by atoms with van der Waals surface area (Å²) in [5.41, 5.74) is 2.44. The van der Waals surface area contributed by atoms with Gasteiger partial charge in [0.05, 0.1) is 12.7 Å². The Morgan fingerprint density at radius 2 is 1.73 bits per heavy atom. The Labute approximate surface area is 152 Å². The third-order valence-corrected chi connectivity index (χ3v) is 3.29. The van der Waals surface area contributed by atoms with Gasteiger partial charge in [-0.3, -0.25) is 4.99 Å². The SMILES string of the molecule is CCC(C)NC(=NC)NCc1ccc(COC(C)C)cc1.I. The Balaban J connectivity index is 0.00000441. The van der Waals surface area contributed by atoms with Crippen molar-refractivity contribution in [1.29, 1.82) is 0 Å². The highest BCUT2D eigenvalue weighted by Gasteiger charge is 2.03. The predicted molar refractivity (Wildman–Crippen MR) is 105 cm³/mol. The van der Waals surface area contributed by atoms with Crippen molar-refractivity contribution in [1.82, 2.24) is 10.6 Å². The molecule has 0 bridgehead atoms. The molecule has 0 radical (unpaired) electrons. The van der Waals surface area contributed by atoms with Gasteiger partial charge in [0.2, 0.25) is 0 Å². The lowest BCUT2D eigenvalue weighted by atomic mass is 10.1. The van der Waals surface area contributed by atoms with Crippen molar-refractivity contribution in [3.63, 3.8) is 0 Å². The molecule has 126 valence electrons. The fraction of sp³-hybridized carbons (Fsp3) is 0.588. The Morgan fingerprint density at radius 3 is 2.23 bits per heavy atom. The summed E-state index contributed by atoms with van der Waals surface area (Å²) >= 11 is 0. The number of nitrogens with zero attached hydrogens (tertiary/aromatic N) is 1. The van der Waals surface area contributed by atoms with Gasteiger partial charge in [-0.1, -0.05) is 31.2 Å². The summed E-state index contributed by atoms with van der Waals surface area (Å²) in [5.74, 6) is 0.844. The molecule has 1 unspecified atom stereocenters. The highest BCUT2D eigenvalue weighted by molar-refractivity contribution is 14.0. The van der Waals surface area contributed by atoms with Gasteiger partial charge >= 0.3 is 0 Å². The summed E-state index contributed by atoms with van der Waals surface area (Å²) in [5, 5.41) is 6.68. The molecule has 0 aliphatic heterocycles. The van der Waals surface area contributed by atoms with E-state index in [4.69, 9.17) is 4.74 Å². The number of hydrogen-bond donors (Lipinski definition) is 2. The molecule has 0 aliphatic rings. The largest absolute Gasteiger partial charge is 0.374 e. The summed E-state index contributed by atoms with van der Waals surface area (Å²) in [6.07, 6.45) is 1.34. The molecule has 0 spiro atoms. The zero-order valence-corrected chi connectivity index (χ0v) is 16.7. The first-order chi connectivity index (χ1) is 10.0. The summed E-state index contributed by atoms with van der Waals surface area (Å²) < 4.78 is 5.59. The number of guanidine groups is 1. The number of halogens is 1. The molecule has 0 saturated heterocycles. The first kappa shape index (κ1) is 21.2. The van der Waals surface area contributed by atoms with Gasteiger partial charge in [0.1, 0.15) is 0 Å². The van der Waals surface area contributed by atoms with Crippen molar-refractivity contribution in [3.05, 3.63) is 35.4 Å². The minimum atomic E-state index is 0. The van der Waals surface area contributed by atoms with Crippen molar-refractivity contribution in [2.75, 3.05) is 7.05 Å².